The normalized spacial score (nSPS) is 17.7. The van der Waals surface area contributed by atoms with Gasteiger partial charge in [0.05, 0.1) is 6.61 Å². The molecule has 1 saturated heterocycles. The fraction of sp³-hybridized carbons (Fsp3) is 0.741. The van der Waals surface area contributed by atoms with Gasteiger partial charge >= 0.3 is 0 Å². The fourth-order valence-corrected chi connectivity index (χ4v) is 4.87. The van der Waals surface area contributed by atoms with Crippen LogP contribution in [0.25, 0.3) is 0 Å². The molecule has 0 saturated carbocycles. The highest BCUT2D eigenvalue weighted by atomic mass is 16.5. The number of amides is 1. The number of benzene rings is 1. The summed E-state index contributed by atoms with van der Waals surface area (Å²) in [6.07, 6.45) is 6.44. The predicted molar refractivity (Wildman–Crippen MR) is 133 cm³/mol. The SMILES string of the molecule is CCOC(CC(C)C)(CC(C)C)C(=O)Nc1ccc(OCCCN2CCCC[C@@H]2C)cc1. The zero-order valence-electron chi connectivity index (χ0n) is 21.3. The van der Waals surface area contributed by atoms with E-state index in [-0.39, 0.29) is 5.91 Å². The van der Waals surface area contributed by atoms with Crippen molar-refractivity contribution in [2.45, 2.75) is 91.7 Å². The first-order valence-corrected chi connectivity index (χ1v) is 12.7. The van der Waals surface area contributed by atoms with Crippen LogP contribution in [0.2, 0.25) is 0 Å². The Kier molecular flexibility index (Phi) is 11.0. The molecule has 0 aromatic heterocycles. The van der Waals surface area contributed by atoms with Crippen molar-refractivity contribution in [2.24, 2.45) is 11.8 Å². The maximum atomic E-state index is 13.3. The molecule has 5 heteroatoms. The second-order valence-electron chi connectivity index (χ2n) is 10.2. The fourth-order valence-electron chi connectivity index (χ4n) is 4.87. The smallest absolute Gasteiger partial charge is 0.256 e. The third-order valence-electron chi connectivity index (χ3n) is 6.22. The van der Waals surface area contributed by atoms with Crippen LogP contribution in [-0.2, 0) is 9.53 Å². The van der Waals surface area contributed by atoms with E-state index in [1.165, 1.54) is 25.8 Å². The van der Waals surface area contributed by atoms with Crippen LogP contribution in [0.5, 0.6) is 5.75 Å². The molecule has 1 aliphatic heterocycles. The van der Waals surface area contributed by atoms with Gasteiger partial charge in [-0.2, -0.15) is 0 Å². The Morgan fingerprint density at radius 1 is 1.12 bits per heavy atom. The third kappa shape index (κ3) is 8.40. The predicted octanol–water partition coefficient (Wildman–Crippen LogP) is 6.14. The number of anilines is 1. The van der Waals surface area contributed by atoms with Crippen LogP contribution in [0.15, 0.2) is 24.3 Å². The molecular formula is C27H46N2O3. The molecule has 182 valence electrons. The largest absolute Gasteiger partial charge is 0.494 e. The van der Waals surface area contributed by atoms with Crippen molar-refractivity contribution in [2.75, 3.05) is 31.6 Å². The number of hydrogen-bond donors (Lipinski definition) is 1. The van der Waals surface area contributed by atoms with E-state index >= 15 is 0 Å². The minimum Gasteiger partial charge on any atom is -0.494 e. The Labute approximate surface area is 196 Å². The molecule has 0 radical (unpaired) electrons. The molecule has 0 bridgehead atoms. The number of nitrogens with one attached hydrogen (secondary N) is 1. The second kappa shape index (κ2) is 13.2. The Morgan fingerprint density at radius 3 is 2.34 bits per heavy atom. The summed E-state index contributed by atoms with van der Waals surface area (Å²) in [5.74, 6) is 1.53. The number of piperidine rings is 1. The number of carbonyl (C=O) groups is 1. The Bertz CT molecular complexity index is 662. The average molecular weight is 447 g/mol. The van der Waals surface area contributed by atoms with E-state index in [9.17, 15) is 4.79 Å². The van der Waals surface area contributed by atoms with Crippen LogP contribution in [0.4, 0.5) is 5.69 Å². The lowest BCUT2D eigenvalue weighted by Crippen LogP contribution is -2.47. The molecule has 1 aliphatic rings. The molecule has 2 rings (SSSR count). The highest BCUT2D eigenvalue weighted by Gasteiger charge is 2.40. The summed E-state index contributed by atoms with van der Waals surface area (Å²) >= 11 is 0. The maximum absolute atomic E-state index is 13.3. The van der Waals surface area contributed by atoms with Gasteiger partial charge in [0, 0.05) is 24.9 Å². The lowest BCUT2D eigenvalue weighted by atomic mass is 9.83. The maximum Gasteiger partial charge on any atom is 0.256 e. The third-order valence-corrected chi connectivity index (χ3v) is 6.22. The van der Waals surface area contributed by atoms with Gasteiger partial charge in [0.2, 0.25) is 0 Å². The van der Waals surface area contributed by atoms with E-state index in [0.29, 0.717) is 43.9 Å². The molecule has 1 aromatic carbocycles. The second-order valence-corrected chi connectivity index (χ2v) is 10.2. The van der Waals surface area contributed by atoms with Crippen LogP contribution in [0.1, 0.15) is 80.1 Å². The van der Waals surface area contributed by atoms with E-state index in [0.717, 1.165) is 24.4 Å². The lowest BCUT2D eigenvalue weighted by molar-refractivity contribution is -0.146. The van der Waals surface area contributed by atoms with Gasteiger partial charge < -0.3 is 19.7 Å². The molecule has 1 aromatic rings. The van der Waals surface area contributed by atoms with Gasteiger partial charge in [-0.15, -0.1) is 0 Å². The summed E-state index contributed by atoms with van der Waals surface area (Å²) in [4.78, 5) is 15.9. The molecule has 1 fully saturated rings. The summed E-state index contributed by atoms with van der Waals surface area (Å²) in [6.45, 7) is 16.4. The molecule has 0 unspecified atom stereocenters. The van der Waals surface area contributed by atoms with E-state index in [1.807, 2.05) is 31.2 Å². The minimum atomic E-state index is -0.794. The summed E-state index contributed by atoms with van der Waals surface area (Å²) in [7, 11) is 0. The van der Waals surface area contributed by atoms with Gasteiger partial charge in [-0.05, 0) is 88.6 Å². The first-order valence-electron chi connectivity index (χ1n) is 12.7. The number of rotatable bonds is 13. The number of nitrogens with zero attached hydrogens (tertiary/aromatic N) is 1. The summed E-state index contributed by atoms with van der Waals surface area (Å²) in [5.41, 5.74) is -0.0150. The van der Waals surface area contributed by atoms with Gasteiger partial charge in [0.25, 0.3) is 5.91 Å². The van der Waals surface area contributed by atoms with Gasteiger partial charge in [-0.25, -0.2) is 0 Å². The van der Waals surface area contributed by atoms with Crippen LogP contribution < -0.4 is 10.1 Å². The van der Waals surface area contributed by atoms with E-state index in [4.69, 9.17) is 9.47 Å². The van der Waals surface area contributed by atoms with Gasteiger partial charge in [-0.1, -0.05) is 34.1 Å². The van der Waals surface area contributed by atoms with Crippen LogP contribution in [0.3, 0.4) is 0 Å². The molecule has 1 N–H and O–H groups in total. The average Bonchev–Trinajstić information content (AvgIpc) is 2.72. The van der Waals surface area contributed by atoms with Gasteiger partial charge in [0.1, 0.15) is 11.4 Å². The van der Waals surface area contributed by atoms with Crippen molar-refractivity contribution in [3.05, 3.63) is 24.3 Å². The van der Waals surface area contributed by atoms with E-state index in [2.05, 4.69) is 44.8 Å². The van der Waals surface area contributed by atoms with Crippen molar-refractivity contribution in [3.63, 3.8) is 0 Å². The van der Waals surface area contributed by atoms with Crippen molar-refractivity contribution in [3.8, 4) is 5.75 Å². The van der Waals surface area contributed by atoms with Crippen molar-refractivity contribution >= 4 is 11.6 Å². The molecule has 1 heterocycles. The van der Waals surface area contributed by atoms with Gasteiger partial charge in [-0.3, -0.25) is 4.79 Å². The topological polar surface area (TPSA) is 50.8 Å². The molecule has 32 heavy (non-hydrogen) atoms. The molecule has 0 aliphatic carbocycles. The van der Waals surface area contributed by atoms with Crippen molar-refractivity contribution in [1.82, 2.24) is 4.90 Å². The Morgan fingerprint density at radius 2 is 1.78 bits per heavy atom. The van der Waals surface area contributed by atoms with Crippen molar-refractivity contribution in [1.29, 1.82) is 0 Å². The highest BCUT2D eigenvalue weighted by Crippen LogP contribution is 2.31. The molecule has 1 atom stereocenters. The Balaban J connectivity index is 1.89. The number of hydrogen-bond acceptors (Lipinski definition) is 4. The summed E-state index contributed by atoms with van der Waals surface area (Å²) in [5, 5.41) is 3.09. The number of likely N-dealkylation sites (tertiary alicyclic amines) is 1. The molecular weight excluding hydrogens is 400 g/mol. The quantitative estimate of drug-likeness (QED) is 0.370. The van der Waals surface area contributed by atoms with Gasteiger partial charge in [0.15, 0.2) is 0 Å². The summed E-state index contributed by atoms with van der Waals surface area (Å²) in [6, 6.07) is 8.41. The van der Waals surface area contributed by atoms with Crippen molar-refractivity contribution < 1.29 is 14.3 Å². The molecule has 5 nitrogen and oxygen atoms in total. The lowest BCUT2D eigenvalue weighted by Gasteiger charge is -2.35. The first kappa shape index (κ1) is 26.7. The number of ether oxygens (including phenoxy) is 2. The summed E-state index contributed by atoms with van der Waals surface area (Å²) < 4.78 is 12.0. The van der Waals surface area contributed by atoms with Crippen LogP contribution in [0, 0.1) is 11.8 Å². The highest BCUT2D eigenvalue weighted by molar-refractivity contribution is 5.97. The molecule has 0 spiro atoms. The van der Waals surface area contributed by atoms with E-state index < -0.39 is 5.60 Å². The van der Waals surface area contributed by atoms with E-state index in [1.54, 1.807) is 0 Å². The van der Waals surface area contributed by atoms with Crippen LogP contribution in [-0.4, -0.2) is 48.8 Å². The first-order chi connectivity index (χ1) is 15.3. The monoisotopic (exact) mass is 446 g/mol. The standard InChI is InChI=1S/C27H46N2O3/c1-7-32-27(19-21(2)3,20-22(4)5)26(30)28-24-12-14-25(15-13-24)31-18-10-17-29-16-9-8-11-23(29)6/h12-15,21-23H,7-11,16-20H2,1-6H3,(H,28,30)/t23-/m0/s1. The Hall–Kier alpha value is -1.59. The molecule has 1 amide bonds. The minimum absolute atomic E-state index is 0.0499. The number of carbonyl (C=O) groups excluding carboxylic acids is 1. The zero-order chi connectivity index (χ0) is 23.6. The zero-order valence-corrected chi connectivity index (χ0v) is 21.3. The van der Waals surface area contributed by atoms with Crippen LogP contribution >= 0.6 is 0 Å².